The Morgan fingerprint density at radius 1 is 1.35 bits per heavy atom. The molecule has 0 bridgehead atoms. The molecule has 2 aliphatic heterocycles. The van der Waals surface area contributed by atoms with E-state index in [0.29, 0.717) is 13.0 Å². The van der Waals surface area contributed by atoms with Gasteiger partial charge in [0.25, 0.3) is 0 Å². The van der Waals surface area contributed by atoms with Crippen LogP contribution in [0, 0.1) is 0 Å². The molecule has 0 radical (unpaired) electrons. The van der Waals surface area contributed by atoms with E-state index in [0.717, 1.165) is 19.6 Å². The molecule has 23 heavy (non-hydrogen) atoms. The number of ether oxygens (including phenoxy) is 1. The average molecular weight is 347 g/mol. The molecule has 0 N–H and O–H groups in total. The molecule has 2 aliphatic rings. The summed E-state index contributed by atoms with van der Waals surface area (Å²) in [7, 11) is 2.75. The number of likely N-dealkylation sites (N-methyl/N-ethyl adjacent to an activating group) is 2. The lowest BCUT2D eigenvalue weighted by Crippen LogP contribution is -2.55. The van der Waals surface area contributed by atoms with Crippen LogP contribution in [0.5, 0.6) is 0 Å². The zero-order valence-electron chi connectivity index (χ0n) is 14.6. The summed E-state index contributed by atoms with van der Waals surface area (Å²) in [5.41, 5.74) is 0. The van der Waals surface area contributed by atoms with Gasteiger partial charge in [0.05, 0.1) is 30.3 Å². The van der Waals surface area contributed by atoms with Crippen LogP contribution in [0.3, 0.4) is 0 Å². The largest absolute Gasteiger partial charge is 0.374 e. The highest BCUT2D eigenvalue weighted by molar-refractivity contribution is 7.91. The monoisotopic (exact) mass is 347 g/mol. The smallest absolute Gasteiger partial charge is 0.239 e. The number of morpholine rings is 1. The zero-order valence-corrected chi connectivity index (χ0v) is 15.4. The van der Waals surface area contributed by atoms with E-state index in [1.165, 1.54) is 0 Å². The Morgan fingerprint density at radius 3 is 2.61 bits per heavy atom. The fourth-order valence-electron chi connectivity index (χ4n) is 3.32. The Bertz CT molecular complexity index is 523. The van der Waals surface area contributed by atoms with Gasteiger partial charge >= 0.3 is 0 Å². The summed E-state index contributed by atoms with van der Waals surface area (Å²) in [5, 5.41) is 0. The Kier molecular flexibility index (Phi) is 6.05. The third kappa shape index (κ3) is 4.89. The van der Waals surface area contributed by atoms with E-state index in [2.05, 4.69) is 9.80 Å². The van der Waals surface area contributed by atoms with Crippen LogP contribution in [0.25, 0.3) is 0 Å². The normalized spacial score (nSPS) is 29.6. The van der Waals surface area contributed by atoms with E-state index >= 15 is 0 Å². The molecule has 0 aromatic heterocycles. The number of rotatable bonds is 5. The fourth-order valence-corrected chi connectivity index (χ4v) is 5.10. The Morgan fingerprint density at radius 2 is 2.04 bits per heavy atom. The second-order valence-corrected chi connectivity index (χ2v) is 9.16. The number of carbonyl (C=O) groups is 1. The van der Waals surface area contributed by atoms with E-state index in [1.54, 1.807) is 11.9 Å². The molecular formula is C15H29N3O4S. The first kappa shape index (κ1) is 18.6. The second-order valence-electron chi connectivity index (χ2n) is 6.93. The van der Waals surface area contributed by atoms with Crippen LogP contribution in [-0.2, 0) is 19.4 Å². The van der Waals surface area contributed by atoms with Crippen molar-refractivity contribution in [3.05, 3.63) is 0 Å². The molecule has 2 rings (SSSR count). The van der Waals surface area contributed by atoms with E-state index in [4.69, 9.17) is 4.74 Å². The van der Waals surface area contributed by atoms with Gasteiger partial charge in [-0.1, -0.05) is 0 Å². The van der Waals surface area contributed by atoms with Gasteiger partial charge in [0, 0.05) is 32.7 Å². The van der Waals surface area contributed by atoms with Gasteiger partial charge in [0.15, 0.2) is 9.84 Å². The average Bonchev–Trinajstić information content (AvgIpc) is 2.84. The second kappa shape index (κ2) is 7.46. The van der Waals surface area contributed by atoms with Gasteiger partial charge < -0.3 is 14.5 Å². The molecule has 134 valence electrons. The molecule has 3 atom stereocenters. The lowest BCUT2D eigenvalue weighted by Gasteiger charge is -2.39. The summed E-state index contributed by atoms with van der Waals surface area (Å²) in [4.78, 5) is 18.6. The molecule has 0 spiro atoms. The Hall–Kier alpha value is -0.700. The molecule has 8 heteroatoms. The highest BCUT2D eigenvalue weighted by Crippen LogP contribution is 2.19. The molecule has 2 fully saturated rings. The van der Waals surface area contributed by atoms with Gasteiger partial charge in [-0.05, 0) is 27.4 Å². The number of sulfone groups is 1. The zero-order chi connectivity index (χ0) is 17.2. The van der Waals surface area contributed by atoms with Crippen molar-refractivity contribution in [1.82, 2.24) is 14.7 Å². The van der Waals surface area contributed by atoms with E-state index < -0.39 is 9.84 Å². The number of hydrogen-bond acceptors (Lipinski definition) is 6. The van der Waals surface area contributed by atoms with Crippen molar-refractivity contribution >= 4 is 15.7 Å². The van der Waals surface area contributed by atoms with E-state index in [1.807, 2.05) is 21.0 Å². The predicted octanol–water partition coefficient (Wildman–Crippen LogP) is -0.717. The summed E-state index contributed by atoms with van der Waals surface area (Å²) in [6.45, 7) is 4.81. The lowest BCUT2D eigenvalue weighted by atomic mass is 10.1. The molecule has 0 unspecified atom stereocenters. The van der Waals surface area contributed by atoms with Gasteiger partial charge in [-0.15, -0.1) is 0 Å². The van der Waals surface area contributed by atoms with Gasteiger partial charge in [0.2, 0.25) is 5.91 Å². The maximum atomic E-state index is 12.7. The quantitative estimate of drug-likeness (QED) is 0.654. The Balaban J connectivity index is 1.93. The van der Waals surface area contributed by atoms with Crippen molar-refractivity contribution in [3.63, 3.8) is 0 Å². The van der Waals surface area contributed by atoms with E-state index in [9.17, 15) is 13.2 Å². The van der Waals surface area contributed by atoms with Gasteiger partial charge in [-0.3, -0.25) is 9.69 Å². The topological polar surface area (TPSA) is 70.2 Å². The molecule has 0 saturated carbocycles. The first-order chi connectivity index (χ1) is 10.7. The maximum absolute atomic E-state index is 12.7. The molecule has 2 heterocycles. The van der Waals surface area contributed by atoms with Crippen molar-refractivity contribution in [1.29, 1.82) is 0 Å². The fraction of sp³-hybridized carbons (Fsp3) is 0.933. The highest BCUT2D eigenvalue weighted by Gasteiger charge is 2.36. The minimum absolute atomic E-state index is 0.00222. The number of nitrogens with zero attached hydrogens (tertiary/aromatic N) is 3. The summed E-state index contributed by atoms with van der Waals surface area (Å²) >= 11 is 0. The number of hydrogen-bond donors (Lipinski definition) is 0. The molecule has 0 aliphatic carbocycles. The molecule has 2 saturated heterocycles. The SMILES string of the molecule is C[C@H](C(=O)N(C)[C@@H]1CCS(=O)(=O)C1)N1CCO[C@H](CN(C)C)C1. The van der Waals surface area contributed by atoms with Crippen LogP contribution < -0.4 is 0 Å². The van der Waals surface area contributed by atoms with E-state index in [-0.39, 0.29) is 35.6 Å². The van der Waals surface area contributed by atoms with Crippen LogP contribution >= 0.6 is 0 Å². The number of carbonyl (C=O) groups excluding carboxylic acids is 1. The van der Waals surface area contributed by atoms with Crippen molar-refractivity contribution in [2.45, 2.75) is 31.5 Å². The Labute approximate surface area is 139 Å². The van der Waals surface area contributed by atoms with Crippen molar-refractivity contribution in [3.8, 4) is 0 Å². The molecule has 0 aromatic carbocycles. The lowest BCUT2D eigenvalue weighted by molar-refractivity contribution is -0.140. The van der Waals surface area contributed by atoms with Crippen LogP contribution in [0.1, 0.15) is 13.3 Å². The van der Waals surface area contributed by atoms with Crippen molar-refractivity contribution < 1.29 is 17.9 Å². The molecule has 7 nitrogen and oxygen atoms in total. The van der Waals surface area contributed by atoms with Gasteiger partial charge in [-0.25, -0.2) is 8.42 Å². The molecular weight excluding hydrogens is 318 g/mol. The highest BCUT2D eigenvalue weighted by atomic mass is 32.2. The third-order valence-electron chi connectivity index (χ3n) is 4.75. The summed E-state index contributed by atoms with van der Waals surface area (Å²) in [6, 6.07) is -0.439. The molecule has 0 aromatic rings. The standard InChI is InChI=1S/C15H29N3O4S/c1-12(18-6-7-22-14(10-18)9-16(2)3)15(19)17(4)13-5-8-23(20,21)11-13/h12-14H,5-11H2,1-4H3/t12-,13-,14-/m1/s1. The minimum atomic E-state index is -2.98. The van der Waals surface area contributed by atoms with Crippen molar-refractivity contribution in [2.24, 2.45) is 0 Å². The minimum Gasteiger partial charge on any atom is -0.374 e. The van der Waals surface area contributed by atoms with Crippen molar-refractivity contribution in [2.75, 3.05) is 58.9 Å². The van der Waals surface area contributed by atoms with Crippen LogP contribution in [0.2, 0.25) is 0 Å². The maximum Gasteiger partial charge on any atom is 0.239 e. The summed E-state index contributed by atoms with van der Waals surface area (Å²) in [5.74, 6) is 0.276. The predicted molar refractivity (Wildman–Crippen MR) is 89.2 cm³/mol. The summed E-state index contributed by atoms with van der Waals surface area (Å²) in [6.07, 6.45) is 0.648. The first-order valence-electron chi connectivity index (χ1n) is 8.17. The van der Waals surface area contributed by atoms with Crippen LogP contribution in [-0.4, -0.2) is 106 Å². The molecule has 1 amide bonds. The van der Waals surface area contributed by atoms with Gasteiger partial charge in [-0.2, -0.15) is 0 Å². The third-order valence-corrected chi connectivity index (χ3v) is 6.50. The van der Waals surface area contributed by atoms with Crippen LogP contribution in [0.15, 0.2) is 0 Å². The summed E-state index contributed by atoms with van der Waals surface area (Å²) < 4.78 is 29.0. The van der Waals surface area contributed by atoms with Gasteiger partial charge in [0.1, 0.15) is 0 Å². The number of amides is 1. The van der Waals surface area contributed by atoms with Crippen LogP contribution in [0.4, 0.5) is 0 Å². The first-order valence-corrected chi connectivity index (χ1v) is 9.99.